The average Bonchev–Trinajstić information content (AvgIpc) is 2.66. The third kappa shape index (κ3) is 1.55. The van der Waals surface area contributed by atoms with E-state index in [9.17, 15) is 4.79 Å². The lowest BCUT2D eigenvalue weighted by Crippen LogP contribution is -1.99. The molecule has 0 unspecified atom stereocenters. The van der Waals surface area contributed by atoms with Crippen molar-refractivity contribution in [3.63, 3.8) is 0 Å². The van der Waals surface area contributed by atoms with Gasteiger partial charge >= 0.3 is 0 Å². The Morgan fingerprint density at radius 2 is 2.50 bits per heavy atom. The molecule has 0 spiro atoms. The van der Waals surface area contributed by atoms with Gasteiger partial charge in [-0.15, -0.1) is 0 Å². The highest BCUT2D eigenvalue weighted by atomic mass is 16.1. The highest BCUT2D eigenvalue weighted by Crippen LogP contribution is 2.30. The van der Waals surface area contributed by atoms with E-state index in [2.05, 4.69) is 5.10 Å². The van der Waals surface area contributed by atoms with Gasteiger partial charge in [0.2, 0.25) is 0 Å². The summed E-state index contributed by atoms with van der Waals surface area (Å²) in [5, 5.41) is 4.11. The molecule has 1 aliphatic rings. The van der Waals surface area contributed by atoms with Crippen molar-refractivity contribution in [2.75, 3.05) is 0 Å². The molecule has 64 valence electrons. The summed E-state index contributed by atoms with van der Waals surface area (Å²) in [6, 6.07) is 0. The number of ketones is 1. The van der Waals surface area contributed by atoms with Gasteiger partial charge in [0.15, 0.2) is 5.78 Å². The summed E-state index contributed by atoms with van der Waals surface area (Å²) in [5.74, 6) is 0.904. The molecule has 3 nitrogen and oxygen atoms in total. The number of hydrogen-bond donors (Lipinski definition) is 0. The van der Waals surface area contributed by atoms with Crippen LogP contribution in [0, 0.1) is 5.92 Å². The maximum atomic E-state index is 10.9. The molecule has 2 rings (SSSR count). The summed E-state index contributed by atoms with van der Waals surface area (Å²) in [5.41, 5.74) is 0.718. The lowest BCUT2D eigenvalue weighted by Gasteiger charge is -1.95. The van der Waals surface area contributed by atoms with Gasteiger partial charge in [-0.05, 0) is 25.7 Å². The molecule has 1 heterocycles. The van der Waals surface area contributed by atoms with E-state index in [0.717, 1.165) is 18.0 Å². The molecule has 0 amide bonds. The first-order valence-electron chi connectivity index (χ1n) is 4.29. The van der Waals surface area contributed by atoms with Crippen LogP contribution in [0.1, 0.15) is 30.1 Å². The fraction of sp³-hybridized carbons (Fsp3) is 0.556. The molecule has 1 aliphatic carbocycles. The normalized spacial score (nSPS) is 16.4. The third-order valence-electron chi connectivity index (χ3n) is 2.18. The molecule has 0 saturated heterocycles. The first-order chi connectivity index (χ1) is 5.75. The molecule has 12 heavy (non-hydrogen) atoms. The maximum Gasteiger partial charge on any atom is 0.162 e. The van der Waals surface area contributed by atoms with Crippen molar-refractivity contribution in [1.29, 1.82) is 0 Å². The second kappa shape index (κ2) is 2.73. The van der Waals surface area contributed by atoms with Gasteiger partial charge in [-0.1, -0.05) is 0 Å². The molecule has 1 aromatic rings. The number of nitrogens with zero attached hydrogens (tertiary/aromatic N) is 2. The summed E-state index contributed by atoms with van der Waals surface area (Å²) in [4.78, 5) is 10.9. The van der Waals surface area contributed by atoms with E-state index in [0.29, 0.717) is 0 Å². The quantitative estimate of drug-likeness (QED) is 0.634. The molecule has 0 aliphatic heterocycles. The Morgan fingerprint density at radius 3 is 3.00 bits per heavy atom. The smallest absolute Gasteiger partial charge is 0.162 e. The van der Waals surface area contributed by atoms with Gasteiger partial charge in [-0.2, -0.15) is 5.10 Å². The van der Waals surface area contributed by atoms with Crippen LogP contribution in [0.2, 0.25) is 0 Å². The standard InChI is InChI=1S/C9H12N2O/c1-7(12)9-4-10-11(6-9)5-8-2-3-8/h4,6,8H,2-3,5H2,1H3. The van der Waals surface area contributed by atoms with E-state index in [1.54, 1.807) is 13.1 Å². The number of aromatic nitrogens is 2. The SMILES string of the molecule is CC(=O)c1cnn(CC2CC2)c1. The predicted molar refractivity (Wildman–Crippen MR) is 45.0 cm³/mol. The molecule has 0 atom stereocenters. The summed E-state index contributed by atoms with van der Waals surface area (Å²) < 4.78 is 1.87. The first-order valence-corrected chi connectivity index (χ1v) is 4.29. The van der Waals surface area contributed by atoms with Crippen LogP contribution >= 0.6 is 0 Å². The fourth-order valence-corrected chi connectivity index (χ4v) is 1.21. The molecule has 1 fully saturated rings. The average molecular weight is 164 g/mol. The molecule has 0 aromatic carbocycles. The third-order valence-corrected chi connectivity index (χ3v) is 2.18. The minimum atomic E-state index is 0.0945. The van der Waals surface area contributed by atoms with Crippen molar-refractivity contribution in [2.24, 2.45) is 5.92 Å². The molecule has 3 heteroatoms. The van der Waals surface area contributed by atoms with E-state index in [1.165, 1.54) is 12.8 Å². The molecule has 0 bridgehead atoms. The van der Waals surface area contributed by atoms with Crippen LogP contribution < -0.4 is 0 Å². The summed E-state index contributed by atoms with van der Waals surface area (Å²) in [7, 11) is 0. The Kier molecular flexibility index (Phi) is 1.71. The predicted octanol–water partition coefficient (Wildman–Crippen LogP) is 1.50. The van der Waals surface area contributed by atoms with Crippen LogP contribution in [0.25, 0.3) is 0 Å². The van der Waals surface area contributed by atoms with Crippen molar-refractivity contribution >= 4 is 5.78 Å². The van der Waals surface area contributed by atoms with Crippen LogP contribution in [-0.2, 0) is 6.54 Å². The van der Waals surface area contributed by atoms with E-state index >= 15 is 0 Å². The number of carbonyl (C=O) groups excluding carboxylic acids is 1. The lowest BCUT2D eigenvalue weighted by molar-refractivity contribution is 0.101. The molecule has 1 saturated carbocycles. The first kappa shape index (κ1) is 7.53. The summed E-state index contributed by atoms with van der Waals surface area (Å²) >= 11 is 0. The highest BCUT2D eigenvalue weighted by molar-refractivity contribution is 5.93. The fourth-order valence-electron chi connectivity index (χ4n) is 1.21. The Labute approximate surface area is 71.4 Å². The Hall–Kier alpha value is -1.12. The number of rotatable bonds is 3. The van der Waals surface area contributed by atoms with Gasteiger partial charge in [0, 0.05) is 12.7 Å². The Morgan fingerprint density at radius 1 is 1.75 bits per heavy atom. The van der Waals surface area contributed by atoms with E-state index < -0.39 is 0 Å². The number of Topliss-reactive ketones (excluding diaryl/α,β-unsaturated/α-hetero) is 1. The van der Waals surface area contributed by atoms with E-state index in [1.807, 2.05) is 10.9 Å². The van der Waals surface area contributed by atoms with Gasteiger partial charge in [0.25, 0.3) is 0 Å². The van der Waals surface area contributed by atoms with Crippen LogP contribution in [-0.4, -0.2) is 15.6 Å². The van der Waals surface area contributed by atoms with Crippen molar-refractivity contribution in [3.05, 3.63) is 18.0 Å². The van der Waals surface area contributed by atoms with Crippen LogP contribution in [0.4, 0.5) is 0 Å². The maximum absolute atomic E-state index is 10.9. The zero-order valence-electron chi connectivity index (χ0n) is 7.16. The van der Waals surface area contributed by atoms with Gasteiger partial charge < -0.3 is 0 Å². The second-order valence-corrected chi connectivity index (χ2v) is 3.45. The van der Waals surface area contributed by atoms with Crippen LogP contribution in [0.15, 0.2) is 12.4 Å². The topological polar surface area (TPSA) is 34.9 Å². The zero-order valence-corrected chi connectivity index (χ0v) is 7.16. The molecule has 0 N–H and O–H groups in total. The van der Waals surface area contributed by atoms with E-state index in [-0.39, 0.29) is 5.78 Å². The number of hydrogen-bond acceptors (Lipinski definition) is 2. The Balaban J connectivity index is 2.06. The van der Waals surface area contributed by atoms with Gasteiger partial charge in [-0.25, -0.2) is 0 Å². The number of carbonyl (C=O) groups is 1. The van der Waals surface area contributed by atoms with Crippen molar-refractivity contribution < 1.29 is 4.79 Å². The van der Waals surface area contributed by atoms with Crippen molar-refractivity contribution in [3.8, 4) is 0 Å². The van der Waals surface area contributed by atoms with E-state index in [4.69, 9.17) is 0 Å². The molecular formula is C9H12N2O. The van der Waals surface area contributed by atoms with Crippen LogP contribution in [0.5, 0.6) is 0 Å². The molecule has 0 radical (unpaired) electrons. The lowest BCUT2D eigenvalue weighted by atomic mass is 10.3. The summed E-state index contributed by atoms with van der Waals surface area (Å²) in [6.45, 7) is 2.55. The molecule has 1 aromatic heterocycles. The van der Waals surface area contributed by atoms with Crippen LogP contribution in [0.3, 0.4) is 0 Å². The van der Waals surface area contributed by atoms with Crippen molar-refractivity contribution in [2.45, 2.75) is 26.3 Å². The zero-order chi connectivity index (χ0) is 8.55. The van der Waals surface area contributed by atoms with Gasteiger partial charge in [-0.3, -0.25) is 9.48 Å². The summed E-state index contributed by atoms with van der Waals surface area (Å²) in [6.07, 6.45) is 6.11. The highest BCUT2D eigenvalue weighted by Gasteiger charge is 2.22. The largest absolute Gasteiger partial charge is 0.294 e. The van der Waals surface area contributed by atoms with Crippen molar-refractivity contribution in [1.82, 2.24) is 9.78 Å². The monoisotopic (exact) mass is 164 g/mol. The second-order valence-electron chi connectivity index (χ2n) is 3.45. The minimum absolute atomic E-state index is 0.0945. The Bertz CT molecular complexity index is 299. The minimum Gasteiger partial charge on any atom is -0.294 e. The van der Waals surface area contributed by atoms with Gasteiger partial charge in [0.05, 0.1) is 11.8 Å². The molecular weight excluding hydrogens is 152 g/mol. The van der Waals surface area contributed by atoms with Gasteiger partial charge in [0.1, 0.15) is 0 Å².